The lowest BCUT2D eigenvalue weighted by Crippen LogP contribution is -2.23. The van der Waals surface area contributed by atoms with E-state index in [0.29, 0.717) is 17.9 Å². The van der Waals surface area contributed by atoms with E-state index < -0.39 is 0 Å². The van der Waals surface area contributed by atoms with Gasteiger partial charge in [0.25, 0.3) is 0 Å². The molecule has 136 valence electrons. The minimum atomic E-state index is 0.103. The fourth-order valence-corrected chi connectivity index (χ4v) is 2.62. The van der Waals surface area contributed by atoms with E-state index in [1.54, 1.807) is 16.8 Å². The maximum atomic E-state index is 9.03. The smallest absolute Gasteiger partial charge is 0.151 e. The molecule has 0 fully saturated rings. The van der Waals surface area contributed by atoms with Crippen LogP contribution in [-0.2, 0) is 13.7 Å². The van der Waals surface area contributed by atoms with Crippen molar-refractivity contribution in [1.82, 2.24) is 15.2 Å². The van der Waals surface area contributed by atoms with Gasteiger partial charge in [0.05, 0.1) is 17.1 Å². The quantitative estimate of drug-likeness (QED) is 0.353. The number of hydrogen-bond donors (Lipinski definition) is 3. The largest absolute Gasteiger partial charge is 0.487 e. The molecule has 0 aliphatic carbocycles. The van der Waals surface area contributed by atoms with Crippen LogP contribution in [0.2, 0.25) is 0 Å². The molecule has 2 aromatic carbocycles. The zero-order valence-electron chi connectivity index (χ0n) is 14.9. The highest BCUT2D eigenvalue weighted by atomic mass is 16.5. The van der Waals surface area contributed by atoms with Crippen LogP contribution in [0.5, 0.6) is 5.75 Å². The van der Waals surface area contributed by atoms with E-state index in [9.17, 15) is 0 Å². The Kier molecular flexibility index (Phi) is 5.40. The van der Waals surface area contributed by atoms with Crippen molar-refractivity contribution < 1.29 is 4.74 Å². The highest BCUT2D eigenvalue weighted by Crippen LogP contribution is 2.22. The molecule has 27 heavy (non-hydrogen) atoms. The Labute approximate surface area is 157 Å². The topological polar surface area (TPSA) is 115 Å². The number of hydrazine groups is 1. The number of aromatic nitrogens is 2. The summed E-state index contributed by atoms with van der Waals surface area (Å²) in [5.74, 6) is 5.94. The molecule has 3 rings (SSSR count). The molecule has 0 atom stereocenters. The Hall–Kier alpha value is -3.76. The molecule has 1 heterocycles. The maximum Gasteiger partial charge on any atom is 0.151 e. The lowest BCUT2D eigenvalue weighted by molar-refractivity contribution is 0.295. The normalized spacial score (nSPS) is 11.4. The lowest BCUT2D eigenvalue weighted by atomic mass is 10.1. The van der Waals surface area contributed by atoms with Crippen LogP contribution in [0, 0.1) is 11.3 Å². The Balaban J connectivity index is 1.77. The van der Waals surface area contributed by atoms with E-state index in [-0.39, 0.29) is 11.4 Å². The molecule has 0 unspecified atom stereocenters. The van der Waals surface area contributed by atoms with Crippen LogP contribution in [0.25, 0.3) is 17.0 Å². The van der Waals surface area contributed by atoms with Crippen molar-refractivity contribution in [3.63, 3.8) is 0 Å². The Morgan fingerprint density at radius 2 is 1.96 bits per heavy atom. The van der Waals surface area contributed by atoms with E-state index in [0.717, 1.165) is 17.0 Å². The molecule has 0 bridgehead atoms. The van der Waals surface area contributed by atoms with Gasteiger partial charge in [0, 0.05) is 18.2 Å². The molecule has 1 aromatic heterocycles. The molecular formula is C20H20N6O. The number of nitrogens with two attached hydrogens (primary N) is 2. The van der Waals surface area contributed by atoms with Gasteiger partial charge in [0.15, 0.2) is 5.70 Å². The number of ether oxygens (including phenoxy) is 1. The minimum Gasteiger partial charge on any atom is -0.487 e. The van der Waals surface area contributed by atoms with Gasteiger partial charge in [0.1, 0.15) is 18.4 Å². The number of hydrogen-bond acceptors (Lipinski definition) is 6. The zero-order valence-corrected chi connectivity index (χ0v) is 14.9. The van der Waals surface area contributed by atoms with Crippen molar-refractivity contribution in [2.45, 2.75) is 6.61 Å². The van der Waals surface area contributed by atoms with Crippen LogP contribution in [0.15, 0.2) is 66.4 Å². The first-order valence-electron chi connectivity index (χ1n) is 8.30. The van der Waals surface area contributed by atoms with Crippen LogP contribution in [0.3, 0.4) is 0 Å². The predicted molar refractivity (Wildman–Crippen MR) is 103 cm³/mol. The number of nitrogens with one attached hydrogen (secondary N) is 1. The van der Waals surface area contributed by atoms with Gasteiger partial charge in [0.2, 0.25) is 0 Å². The molecule has 0 amide bonds. The van der Waals surface area contributed by atoms with Crippen LogP contribution in [0.4, 0.5) is 0 Å². The van der Waals surface area contributed by atoms with Crippen molar-refractivity contribution >= 4 is 5.70 Å². The van der Waals surface area contributed by atoms with Gasteiger partial charge in [-0.25, -0.2) is 5.84 Å². The molecule has 7 heteroatoms. The number of nitrogens with zero attached hydrogens (tertiary/aromatic N) is 3. The molecule has 3 aromatic rings. The van der Waals surface area contributed by atoms with Gasteiger partial charge in [-0.3, -0.25) is 4.68 Å². The summed E-state index contributed by atoms with van der Waals surface area (Å²) >= 11 is 0. The fourth-order valence-electron chi connectivity index (χ4n) is 2.62. The SMILES string of the molecule is Cn1nc(-c2ccccc2)cc1COc1cccc(/C(N)=C(\C#N)NN)c1. The van der Waals surface area contributed by atoms with E-state index in [4.69, 9.17) is 21.6 Å². The highest BCUT2D eigenvalue weighted by molar-refractivity contribution is 5.69. The molecule has 0 radical (unpaired) electrons. The summed E-state index contributed by atoms with van der Waals surface area (Å²) in [6.45, 7) is 0.351. The Morgan fingerprint density at radius 3 is 2.67 bits per heavy atom. The molecular weight excluding hydrogens is 340 g/mol. The second-order valence-corrected chi connectivity index (χ2v) is 5.87. The maximum absolute atomic E-state index is 9.03. The number of benzene rings is 2. The molecule has 5 N–H and O–H groups in total. The molecule has 0 saturated carbocycles. The first-order valence-corrected chi connectivity index (χ1v) is 8.30. The lowest BCUT2D eigenvalue weighted by Gasteiger charge is -2.09. The molecule has 0 saturated heterocycles. The number of aryl methyl sites for hydroxylation is 1. The fraction of sp³-hybridized carbons (Fsp3) is 0.100. The molecule has 0 aliphatic heterocycles. The van der Waals surface area contributed by atoms with Crippen LogP contribution < -0.4 is 21.7 Å². The second-order valence-electron chi connectivity index (χ2n) is 5.87. The predicted octanol–water partition coefficient (Wildman–Crippen LogP) is 2.28. The van der Waals surface area contributed by atoms with Gasteiger partial charge in [-0.1, -0.05) is 42.5 Å². The first-order chi connectivity index (χ1) is 13.1. The van der Waals surface area contributed by atoms with Gasteiger partial charge in [-0.15, -0.1) is 0 Å². The van der Waals surface area contributed by atoms with Crippen molar-refractivity contribution in [1.29, 1.82) is 5.26 Å². The zero-order chi connectivity index (χ0) is 19.2. The summed E-state index contributed by atoms with van der Waals surface area (Å²) in [5.41, 5.74) is 12.2. The van der Waals surface area contributed by atoms with E-state index in [1.165, 1.54) is 0 Å². The third kappa shape index (κ3) is 4.08. The first kappa shape index (κ1) is 18.0. The second kappa shape index (κ2) is 8.08. The van der Waals surface area contributed by atoms with Gasteiger partial charge < -0.3 is 15.9 Å². The summed E-state index contributed by atoms with van der Waals surface area (Å²) in [6.07, 6.45) is 0. The summed E-state index contributed by atoms with van der Waals surface area (Å²) in [7, 11) is 1.88. The van der Waals surface area contributed by atoms with Crippen molar-refractivity contribution in [3.05, 3.63) is 77.6 Å². The van der Waals surface area contributed by atoms with Gasteiger partial charge >= 0.3 is 0 Å². The number of nitriles is 1. The van der Waals surface area contributed by atoms with E-state index in [1.807, 2.05) is 61.6 Å². The summed E-state index contributed by atoms with van der Waals surface area (Å²) in [6, 6.07) is 21.1. The van der Waals surface area contributed by atoms with Gasteiger partial charge in [-0.2, -0.15) is 10.4 Å². The standard InChI is InChI=1S/C20H20N6O/c1-26-16(11-18(25-26)14-6-3-2-4-7-14)13-27-17-9-5-8-15(10-17)20(22)19(12-21)24-23/h2-11,24H,13,22-23H2,1H3/b20-19-. The Bertz CT molecular complexity index is 1000. The average molecular weight is 360 g/mol. The number of rotatable bonds is 6. The number of allylic oxidation sites excluding steroid dienone is 1. The summed E-state index contributed by atoms with van der Waals surface area (Å²) in [5, 5.41) is 13.6. The van der Waals surface area contributed by atoms with Crippen LogP contribution in [-0.4, -0.2) is 9.78 Å². The van der Waals surface area contributed by atoms with E-state index in [2.05, 4.69) is 10.5 Å². The van der Waals surface area contributed by atoms with Crippen molar-refractivity contribution in [2.24, 2.45) is 18.6 Å². The van der Waals surface area contributed by atoms with Crippen molar-refractivity contribution in [2.75, 3.05) is 0 Å². The minimum absolute atomic E-state index is 0.103. The molecule has 0 spiro atoms. The highest BCUT2D eigenvalue weighted by Gasteiger charge is 2.09. The average Bonchev–Trinajstić information content (AvgIpc) is 3.09. The third-order valence-electron chi connectivity index (χ3n) is 4.10. The van der Waals surface area contributed by atoms with E-state index >= 15 is 0 Å². The monoisotopic (exact) mass is 360 g/mol. The molecule has 7 nitrogen and oxygen atoms in total. The van der Waals surface area contributed by atoms with Crippen LogP contribution >= 0.6 is 0 Å². The van der Waals surface area contributed by atoms with Crippen molar-refractivity contribution in [3.8, 4) is 23.1 Å². The van der Waals surface area contributed by atoms with Gasteiger partial charge in [-0.05, 0) is 18.2 Å². The summed E-state index contributed by atoms with van der Waals surface area (Å²) < 4.78 is 7.68. The molecule has 0 aliphatic rings. The third-order valence-corrected chi connectivity index (χ3v) is 4.10. The van der Waals surface area contributed by atoms with Crippen LogP contribution in [0.1, 0.15) is 11.3 Å². The summed E-state index contributed by atoms with van der Waals surface area (Å²) in [4.78, 5) is 0. The Morgan fingerprint density at radius 1 is 1.19 bits per heavy atom.